The quantitative estimate of drug-likeness (QED) is 0.838. The molecule has 0 bridgehead atoms. The normalized spacial score (nSPS) is 13.4. The summed E-state index contributed by atoms with van der Waals surface area (Å²) in [6.07, 6.45) is 1.14. The molecule has 2 heteroatoms. The monoisotopic (exact) mass is 259 g/mol. The van der Waals surface area contributed by atoms with Gasteiger partial charge in [-0.1, -0.05) is 26.8 Å². The molecule has 1 aromatic heterocycles. The van der Waals surface area contributed by atoms with Gasteiger partial charge in [0.15, 0.2) is 0 Å². The average Bonchev–Trinajstić information content (AvgIpc) is 2.73. The van der Waals surface area contributed by atoms with Crippen LogP contribution in [0.3, 0.4) is 0 Å². The Labute approximate surface area is 116 Å². The van der Waals surface area contributed by atoms with E-state index in [1.54, 1.807) is 0 Å². The van der Waals surface area contributed by atoms with Crippen LogP contribution in [0.1, 0.15) is 50.1 Å². The fourth-order valence-corrected chi connectivity index (χ4v) is 2.63. The van der Waals surface area contributed by atoms with Crippen LogP contribution in [0.4, 0.5) is 0 Å². The van der Waals surface area contributed by atoms with Gasteiger partial charge in [-0.25, -0.2) is 0 Å². The maximum absolute atomic E-state index is 6.09. The summed E-state index contributed by atoms with van der Waals surface area (Å²) in [6, 6.07) is 6.85. The first kappa shape index (κ1) is 14.1. The van der Waals surface area contributed by atoms with Crippen molar-refractivity contribution in [3.05, 3.63) is 35.1 Å². The summed E-state index contributed by atoms with van der Waals surface area (Å²) >= 11 is 0. The van der Waals surface area contributed by atoms with Crippen molar-refractivity contribution in [3.8, 4) is 0 Å². The summed E-state index contributed by atoms with van der Waals surface area (Å²) in [5.74, 6) is 1.58. The number of rotatable bonds is 5. The van der Waals surface area contributed by atoms with Crippen molar-refractivity contribution in [1.29, 1.82) is 0 Å². The molecule has 2 aromatic rings. The van der Waals surface area contributed by atoms with Crippen molar-refractivity contribution < 1.29 is 4.42 Å². The van der Waals surface area contributed by atoms with E-state index in [1.165, 1.54) is 16.5 Å². The molecule has 1 aromatic carbocycles. The fraction of sp³-hybridized carbons (Fsp3) is 0.529. The topological polar surface area (TPSA) is 25.2 Å². The van der Waals surface area contributed by atoms with Crippen LogP contribution in [0.25, 0.3) is 11.0 Å². The molecular weight excluding hydrogens is 234 g/mol. The molecule has 1 unspecified atom stereocenters. The van der Waals surface area contributed by atoms with Gasteiger partial charge in [0.1, 0.15) is 11.3 Å². The van der Waals surface area contributed by atoms with Gasteiger partial charge in [-0.15, -0.1) is 0 Å². The number of nitrogens with one attached hydrogen (secondary N) is 1. The van der Waals surface area contributed by atoms with E-state index in [0.717, 1.165) is 24.3 Å². The molecule has 2 nitrogen and oxygen atoms in total. The van der Waals surface area contributed by atoms with Crippen LogP contribution in [0.15, 0.2) is 22.6 Å². The van der Waals surface area contributed by atoms with Gasteiger partial charge < -0.3 is 9.73 Å². The molecule has 0 saturated carbocycles. The van der Waals surface area contributed by atoms with Crippen LogP contribution in [0, 0.1) is 19.8 Å². The standard InChI is InChI=1S/C17H25NO/c1-6-7-18-17(11(2)3)16-10-14-13(5)8-12(4)9-15(14)19-16/h8-11,17-18H,6-7H2,1-5H3. The summed E-state index contributed by atoms with van der Waals surface area (Å²) < 4.78 is 6.09. The zero-order valence-electron chi connectivity index (χ0n) is 12.7. The van der Waals surface area contributed by atoms with E-state index in [4.69, 9.17) is 4.42 Å². The molecule has 1 heterocycles. The zero-order chi connectivity index (χ0) is 14.0. The number of furan rings is 1. The lowest BCUT2D eigenvalue weighted by Gasteiger charge is -2.19. The van der Waals surface area contributed by atoms with Crippen LogP contribution >= 0.6 is 0 Å². The lowest BCUT2D eigenvalue weighted by atomic mass is 10.0. The molecule has 0 fully saturated rings. The van der Waals surface area contributed by atoms with E-state index in [0.29, 0.717) is 12.0 Å². The van der Waals surface area contributed by atoms with E-state index >= 15 is 0 Å². The largest absolute Gasteiger partial charge is 0.459 e. The first-order valence-electron chi connectivity index (χ1n) is 7.27. The highest BCUT2D eigenvalue weighted by Crippen LogP contribution is 2.30. The maximum Gasteiger partial charge on any atom is 0.134 e. The van der Waals surface area contributed by atoms with Gasteiger partial charge in [-0.05, 0) is 56.0 Å². The summed E-state index contributed by atoms with van der Waals surface area (Å²) in [4.78, 5) is 0. The number of aryl methyl sites for hydroxylation is 2. The Kier molecular flexibility index (Phi) is 4.31. The maximum atomic E-state index is 6.09. The van der Waals surface area contributed by atoms with E-state index in [-0.39, 0.29) is 0 Å². The number of hydrogen-bond donors (Lipinski definition) is 1. The highest BCUT2D eigenvalue weighted by atomic mass is 16.3. The van der Waals surface area contributed by atoms with E-state index in [1.807, 2.05) is 0 Å². The first-order chi connectivity index (χ1) is 9.02. The van der Waals surface area contributed by atoms with Crippen molar-refractivity contribution in [2.24, 2.45) is 5.92 Å². The SMILES string of the molecule is CCCNC(c1cc2c(C)cc(C)cc2o1)C(C)C. The Morgan fingerprint density at radius 1 is 1.16 bits per heavy atom. The molecule has 1 atom stereocenters. The van der Waals surface area contributed by atoms with Gasteiger partial charge in [-0.2, -0.15) is 0 Å². The minimum Gasteiger partial charge on any atom is -0.459 e. The third-order valence-electron chi connectivity index (χ3n) is 3.60. The minimum atomic E-state index is 0.298. The third-order valence-corrected chi connectivity index (χ3v) is 3.60. The summed E-state index contributed by atoms with van der Waals surface area (Å²) in [5, 5.41) is 4.83. The van der Waals surface area contributed by atoms with Gasteiger partial charge in [-0.3, -0.25) is 0 Å². The molecule has 1 N–H and O–H groups in total. The van der Waals surface area contributed by atoms with Crippen LogP contribution in [-0.2, 0) is 0 Å². The molecule has 2 rings (SSSR count). The molecule has 19 heavy (non-hydrogen) atoms. The number of benzene rings is 1. The third kappa shape index (κ3) is 3.01. The van der Waals surface area contributed by atoms with Crippen molar-refractivity contribution >= 4 is 11.0 Å². The van der Waals surface area contributed by atoms with Gasteiger partial charge in [0, 0.05) is 5.39 Å². The molecule has 0 aliphatic rings. The predicted octanol–water partition coefficient (Wildman–Crippen LogP) is 4.75. The van der Waals surface area contributed by atoms with Crippen molar-refractivity contribution in [3.63, 3.8) is 0 Å². The van der Waals surface area contributed by atoms with Crippen LogP contribution in [0.5, 0.6) is 0 Å². The Balaban J connectivity index is 2.40. The second-order valence-corrected chi connectivity index (χ2v) is 5.82. The Bertz CT molecular complexity index is 554. The predicted molar refractivity (Wildman–Crippen MR) is 81.6 cm³/mol. The number of hydrogen-bond acceptors (Lipinski definition) is 2. The van der Waals surface area contributed by atoms with Crippen LogP contribution in [-0.4, -0.2) is 6.54 Å². The summed E-state index contributed by atoms with van der Waals surface area (Å²) in [7, 11) is 0. The highest BCUT2D eigenvalue weighted by Gasteiger charge is 2.19. The molecule has 0 aliphatic heterocycles. The second kappa shape index (κ2) is 5.79. The second-order valence-electron chi connectivity index (χ2n) is 5.82. The molecule has 0 saturated heterocycles. The van der Waals surface area contributed by atoms with Gasteiger partial charge in [0.25, 0.3) is 0 Å². The van der Waals surface area contributed by atoms with Crippen LogP contribution < -0.4 is 5.32 Å². The molecule has 0 spiro atoms. The summed E-state index contributed by atoms with van der Waals surface area (Å²) in [6.45, 7) is 12.0. The Hall–Kier alpha value is -1.28. The molecule has 104 valence electrons. The highest BCUT2D eigenvalue weighted by molar-refractivity contribution is 5.82. The average molecular weight is 259 g/mol. The Morgan fingerprint density at radius 2 is 1.89 bits per heavy atom. The molecule has 0 aliphatic carbocycles. The van der Waals surface area contributed by atoms with Crippen molar-refractivity contribution in [2.75, 3.05) is 6.54 Å². The molecule has 0 amide bonds. The zero-order valence-corrected chi connectivity index (χ0v) is 12.7. The van der Waals surface area contributed by atoms with Crippen molar-refractivity contribution in [2.45, 2.75) is 47.1 Å². The van der Waals surface area contributed by atoms with E-state index in [9.17, 15) is 0 Å². The van der Waals surface area contributed by atoms with Gasteiger partial charge in [0.05, 0.1) is 6.04 Å². The first-order valence-corrected chi connectivity index (χ1v) is 7.27. The lowest BCUT2D eigenvalue weighted by Crippen LogP contribution is -2.25. The van der Waals surface area contributed by atoms with Crippen molar-refractivity contribution in [1.82, 2.24) is 5.32 Å². The lowest BCUT2D eigenvalue weighted by molar-refractivity contribution is 0.351. The minimum absolute atomic E-state index is 0.298. The van der Waals surface area contributed by atoms with Gasteiger partial charge >= 0.3 is 0 Å². The number of fused-ring (bicyclic) bond motifs is 1. The summed E-state index contributed by atoms with van der Waals surface area (Å²) in [5.41, 5.74) is 3.56. The van der Waals surface area contributed by atoms with Crippen LogP contribution in [0.2, 0.25) is 0 Å². The molecule has 0 radical (unpaired) electrons. The van der Waals surface area contributed by atoms with E-state index < -0.39 is 0 Å². The van der Waals surface area contributed by atoms with Gasteiger partial charge in [0.2, 0.25) is 0 Å². The van der Waals surface area contributed by atoms with E-state index in [2.05, 4.69) is 58.1 Å². The molecular formula is C17H25NO. The Morgan fingerprint density at radius 3 is 2.53 bits per heavy atom. The fourth-order valence-electron chi connectivity index (χ4n) is 2.63. The smallest absolute Gasteiger partial charge is 0.134 e.